The van der Waals surface area contributed by atoms with Gasteiger partial charge in [0.05, 0.1) is 12.7 Å². The first-order valence-electron chi connectivity index (χ1n) is 7.00. The number of halogens is 3. The van der Waals surface area contributed by atoms with Crippen LogP contribution in [0.3, 0.4) is 0 Å². The molecule has 0 amide bonds. The van der Waals surface area contributed by atoms with Crippen molar-refractivity contribution in [2.75, 3.05) is 26.7 Å². The number of likely N-dealkylation sites (tertiary alicyclic amines) is 1. The zero-order valence-corrected chi connectivity index (χ0v) is 12.5. The third-order valence-corrected chi connectivity index (χ3v) is 3.73. The first kappa shape index (κ1) is 16.6. The van der Waals surface area contributed by atoms with Crippen LogP contribution in [0.4, 0.5) is 13.2 Å². The molecule has 0 aliphatic carbocycles. The second kappa shape index (κ2) is 6.55. The van der Waals surface area contributed by atoms with E-state index >= 15 is 0 Å². The number of alkyl halides is 3. The predicted molar refractivity (Wildman–Crippen MR) is 75.6 cm³/mol. The summed E-state index contributed by atoms with van der Waals surface area (Å²) in [5, 5.41) is 15.7. The lowest BCUT2D eigenvalue weighted by Crippen LogP contribution is -2.46. The van der Waals surface area contributed by atoms with Crippen molar-refractivity contribution >= 4 is 5.96 Å². The average molecular weight is 319 g/mol. The maximum absolute atomic E-state index is 12.3. The van der Waals surface area contributed by atoms with Crippen LogP contribution < -0.4 is 5.32 Å². The minimum absolute atomic E-state index is 0.278. The molecule has 0 spiro atoms. The van der Waals surface area contributed by atoms with Gasteiger partial charge in [0.2, 0.25) is 0 Å². The Labute approximate surface area is 126 Å². The Bertz CT molecular complexity index is 528. The lowest BCUT2D eigenvalue weighted by molar-refractivity contribution is -0.201. The summed E-state index contributed by atoms with van der Waals surface area (Å²) in [4.78, 5) is 5.88. The molecular weight excluding hydrogens is 299 g/mol. The molecular formula is C13H20F3N5O. The van der Waals surface area contributed by atoms with Crippen LogP contribution in [-0.4, -0.2) is 64.7 Å². The summed E-state index contributed by atoms with van der Waals surface area (Å²) in [5.41, 5.74) is 1.11. The van der Waals surface area contributed by atoms with E-state index in [0.29, 0.717) is 19.0 Å². The molecule has 22 heavy (non-hydrogen) atoms. The fraction of sp³-hybridized carbons (Fsp3) is 0.692. The van der Waals surface area contributed by atoms with Gasteiger partial charge in [0.15, 0.2) is 12.1 Å². The molecule has 124 valence electrons. The molecule has 1 aliphatic rings. The monoisotopic (exact) mass is 319 g/mol. The highest BCUT2D eigenvalue weighted by atomic mass is 19.4. The second-order valence-electron chi connectivity index (χ2n) is 5.36. The fourth-order valence-corrected chi connectivity index (χ4v) is 2.51. The normalized spacial score (nSPS) is 21.3. The first-order valence-corrected chi connectivity index (χ1v) is 7.00. The molecule has 1 aliphatic heterocycles. The summed E-state index contributed by atoms with van der Waals surface area (Å²) in [6.45, 7) is 0.749. The lowest BCUT2D eigenvalue weighted by Gasteiger charge is -2.23. The maximum Gasteiger partial charge on any atom is 0.416 e. The Balaban J connectivity index is 1.90. The molecule has 2 N–H and O–H groups in total. The molecule has 0 bridgehead atoms. The number of nitrogens with zero attached hydrogens (tertiary/aromatic N) is 4. The molecule has 2 unspecified atom stereocenters. The van der Waals surface area contributed by atoms with Gasteiger partial charge < -0.3 is 15.3 Å². The molecule has 2 atom stereocenters. The summed E-state index contributed by atoms with van der Waals surface area (Å²) in [6.07, 6.45) is -2.40. The van der Waals surface area contributed by atoms with Gasteiger partial charge in [-0.2, -0.15) is 18.3 Å². The molecule has 6 nitrogen and oxygen atoms in total. The Morgan fingerprint density at radius 2 is 2.32 bits per heavy atom. The Morgan fingerprint density at radius 3 is 2.86 bits per heavy atom. The lowest BCUT2D eigenvalue weighted by atomic mass is 10.0. The third kappa shape index (κ3) is 3.90. The van der Waals surface area contributed by atoms with Gasteiger partial charge in [-0.3, -0.25) is 9.67 Å². The first-order chi connectivity index (χ1) is 10.3. The zero-order chi connectivity index (χ0) is 16.3. The van der Waals surface area contributed by atoms with Crippen molar-refractivity contribution in [3.63, 3.8) is 0 Å². The number of nitrogens with one attached hydrogen (secondary N) is 1. The van der Waals surface area contributed by atoms with Crippen molar-refractivity contribution in [2.24, 2.45) is 12.0 Å². The van der Waals surface area contributed by atoms with E-state index in [0.717, 1.165) is 12.0 Å². The number of hydrogen-bond acceptors (Lipinski definition) is 3. The van der Waals surface area contributed by atoms with Crippen LogP contribution in [0.15, 0.2) is 17.4 Å². The average Bonchev–Trinajstić information content (AvgIpc) is 3.07. The largest absolute Gasteiger partial charge is 0.416 e. The second-order valence-corrected chi connectivity index (χ2v) is 5.36. The molecule has 1 aromatic heterocycles. The summed E-state index contributed by atoms with van der Waals surface area (Å²) < 4.78 is 38.7. The number of guanidine groups is 1. The van der Waals surface area contributed by atoms with Crippen LogP contribution in [0.5, 0.6) is 0 Å². The molecule has 0 aromatic carbocycles. The summed E-state index contributed by atoms with van der Waals surface area (Å²) in [5.74, 6) is 0.648. The van der Waals surface area contributed by atoms with Crippen LogP contribution >= 0.6 is 0 Å². The van der Waals surface area contributed by atoms with E-state index in [1.807, 2.05) is 18.1 Å². The standard InChI is InChI=1S/C13H20F3N5O/c1-17-12(18-6-11(22)13(14,15)16)21-4-3-9(8-21)10-5-19-20(2)7-10/h5,7,9,11,22H,3-4,6,8H2,1-2H3,(H,17,18). The Hall–Kier alpha value is -1.77. The molecule has 2 heterocycles. The van der Waals surface area contributed by atoms with Crippen molar-refractivity contribution in [3.05, 3.63) is 18.0 Å². The predicted octanol–water partition coefficient (Wildman–Crippen LogP) is 0.708. The highest BCUT2D eigenvalue weighted by Gasteiger charge is 2.38. The zero-order valence-electron chi connectivity index (χ0n) is 12.5. The Morgan fingerprint density at radius 1 is 1.59 bits per heavy atom. The summed E-state index contributed by atoms with van der Waals surface area (Å²) in [6, 6.07) is 0. The molecule has 0 saturated carbocycles. The number of rotatable bonds is 3. The SMILES string of the molecule is CN=C(NCC(O)C(F)(F)F)N1CCC(c2cnn(C)c2)C1. The van der Waals surface area contributed by atoms with Crippen LogP contribution in [0.2, 0.25) is 0 Å². The van der Waals surface area contributed by atoms with E-state index in [2.05, 4.69) is 15.4 Å². The molecule has 1 fully saturated rings. The highest BCUT2D eigenvalue weighted by molar-refractivity contribution is 5.80. The van der Waals surface area contributed by atoms with Gasteiger partial charge in [-0.15, -0.1) is 0 Å². The summed E-state index contributed by atoms with van der Waals surface area (Å²) >= 11 is 0. The van der Waals surface area contributed by atoms with Gasteiger partial charge >= 0.3 is 6.18 Å². The van der Waals surface area contributed by atoms with Crippen molar-refractivity contribution in [2.45, 2.75) is 24.6 Å². The summed E-state index contributed by atoms with van der Waals surface area (Å²) in [7, 11) is 3.36. The number of aliphatic hydroxyl groups is 1. The molecule has 1 saturated heterocycles. The van der Waals surface area contributed by atoms with Crippen LogP contribution in [0.25, 0.3) is 0 Å². The van der Waals surface area contributed by atoms with Crippen molar-refractivity contribution < 1.29 is 18.3 Å². The Kier molecular flexibility index (Phi) is 4.94. The molecule has 9 heteroatoms. The van der Waals surface area contributed by atoms with Crippen LogP contribution in [-0.2, 0) is 7.05 Å². The van der Waals surface area contributed by atoms with Gasteiger partial charge in [0.25, 0.3) is 0 Å². The minimum Gasteiger partial charge on any atom is -0.382 e. The number of aryl methyl sites for hydroxylation is 1. The van der Waals surface area contributed by atoms with Gasteiger partial charge in [0.1, 0.15) is 0 Å². The topological polar surface area (TPSA) is 65.7 Å². The van der Waals surface area contributed by atoms with Gasteiger partial charge in [-0.1, -0.05) is 0 Å². The van der Waals surface area contributed by atoms with Gasteiger partial charge in [-0.25, -0.2) is 0 Å². The molecule has 2 rings (SSSR count). The smallest absolute Gasteiger partial charge is 0.382 e. The highest BCUT2D eigenvalue weighted by Crippen LogP contribution is 2.26. The van der Waals surface area contributed by atoms with E-state index in [1.165, 1.54) is 7.05 Å². The van der Waals surface area contributed by atoms with Crippen molar-refractivity contribution in [3.8, 4) is 0 Å². The van der Waals surface area contributed by atoms with E-state index in [9.17, 15) is 13.2 Å². The number of hydrogen-bond donors (Lipinski definition) is 2. The van der Waals surface area contributed by atoms with E-state index < -0.39 is 18.8 Å². The number of aliphatic hydroxyl groups excluding tert-OH is 1. The number of aromatic nitrogens is 2. The van der Waals surface area contributed by atoms with E-state index in [1.54, 1.807) is 10.9 Å². The maximum atomic E-state index is 12.3. The van der Waals surface area contributed by atoms with Crippen molar-refractivity contribution in [1.29, 1.82) is 0 Å². The minimum atomic E-state index is -4.63. The van der Waals surface area contributed by atoms with Gasteiger partial charge in [-0.05, 0) is 12.0 Å². The molecule has 0 radical (unpaired) electrons. The molecule has 1 aromatic rings. The van der Waals surface area contributed by atoms with Crippen LogP contribution in [0, 0.1) is 0 Å². The van der Waals surface area contributed by atoms with E-state index in [4.69, 9.17) is 5.11 Å². The van der Waals surface area contributed by atoms with Crippen LogP contribution in [0.1, 0.15) is 17.9 Å². The quantitative estimate of drug-likeness (QED) is 0.636. The number of aliphatic imine (C=N–C) groups is 1. The fourth-order valence-electron chi connectivity index (χ4n) is 2.51. The van der Waals surface area contributed by atoms with Gasteiger partial charge in [0, 0.05) is 39.3 Å². The van der Waals surface area contributed by atoms with Crippen molar-refractivity contribution in [1.82, 2.24) is 20.0 Å². The third-order valence-electron chi connectivity index (χ3n) is 3.73. The van der Waals surface area contributed by atoms with E-state index in [-0.39, 0.29) is 5.92 Å².